The highest BCUT2D eigenvalue weighted by atomic mass is 32.1. The van der Waals surface area contributed by atoms with Crippen LogP contribution in [0.3, 0.4) is 0 Å². The van der Waals surface area contributed by atoms with E-state index in [4.69, 9.17) is 18.1 Å². The normalized spacial score (nSPS) is 21.5. The van der Waals surface area contributed by atoms with Gasteiger partial charge in [0, 0.05) is 5.54 Å². The fourth-order valence-corrected chi connectivity index (χ4v) is 2.01. The molecule has 4 heteroatoms. The van der Waals surface area contributed by atoms with E-state index < -0.39 is 0 Å². The van der Waals surface area contributed by atoms with Crippen LogP contribution in [-0.2, 0) is 0 Å². The summed E-state index contributed by atoms with van der Waals surface area (Å²) in [7, 11) is 0. The monoisotopic (exact) mass is 187 g/mol. The van der Waals surface area contributed by atoms with Crippen LogP contribution in [0.2, 0.25) is 0 Å². The number of nitrogens with two attached hydrogens (primary N) is 1. The Balaban J connectivity index is 2.41. The summed E-state index contributed by atoms with van der Waals surface area (Å²) in [6.07, 6.45) is 6.30. The molecule has 12 heavy (non-hydrogen) atoms. The zero-order chi connectivity index (χ0) is 9.03. The minimum absolute atomic E-state index is 0.168. The maximum absolute atomic E-state index is 5.19. The third-order valence-corrected chi connectivity index (χ3v) is 2.72. The van der Waals surface area contributed by atoms with E-state index in [1.165, 1.54) is 32.1 Å². The molecule has 0 unspecified atom stereocenters. The van der Waals surface area contributed by atoms with Gasteiger partial charge >= 0.3 is 0 Å². The van der Waals surface area contributed by atoms with Crippen LogP contribution in [0.4, 0.5) is 0 Å². The Bertz CT molecular complexity index is 164. The summed E-state index contributed by atoms with van der Waals surface area (Å²) in [4.78, 5) is 0. The van der Waals surface area contributed by atoms with Crippen molar-refractivity contribution in [2.45, 2.75) is 44.6 Å². The Hall–Kier alpha value is -0.350. The van der Waals surface area contributed by atoms with Gasteiger partial charge in [0.05, 0.1) is 0 Å². The van der Waals surface area contributed by atoms with Gasteiger partial charge < -0.3 is 10.7 Å². The van der Waals surface area contributed by atoms with Gasteiger partial charge in [-0.05, 0) is 32.0 Å². The second kappa shape index (κ2) is 4.05. The van der Waals surface area contributed by atoms with Crippen molar-refractivity contribution in [2.24, 2.45) is 5.84 Å². The fraction of sp³-hybridized carbons (Fsp3) is 0.875. The molecule has 0 amide bonds. The van der Waals surface area contributed by atoms with Gasteiger partial charge in [0.1, 0.15) is 0 Å². The molecule has 1 aliphatic rings. The molecule has 0 aromatic heterocycles. The van der Waals surface area contributed by atoms with Crippen LogP contribution in [0.25, 0.3) is 0 Å². The van der Waals surface area contributed by atoms with Gasteiger partial charge in [0.2, 0.25) is 0 Å². The number of hydrazine groups is 1. The second-order valence-electron chi connectivity index (χ2n) is 3.72. The molecule has 0 atom stereocenters. The van der Waals surface area contributed by atoms with Crippen LogP contribution in [0.15, 0.2) is 0 Å². The summed E-state index contributed by atoms with van der Waals surface area (Å²) in [6, 6.07) is 0. The summed E-state index contributed by atoms with van der Waals surface area (Å²) in [5, 5.41) is 3.80. The van der Waals surface area contributed by atoms with Gasteiger partial charge in [-0.1, -0.05) is 19.3 Å². The second-order valence-corrected chi connectivity index (χ2v) is 4.13. The molecule has 0 aromatic rings. The van der Waals surface area contributed by atoms with Crippen LogP contribution in [0.1, 0.15) is 39.0 Å². The molecule has 1 saturated carbocycles. The fourth-order valence-electron chi connectivity index (χ4n) is 1.77. The largest absolute Gasteiger partial charge is 0.357 e. The smallest absolute Gasteiger partial charge is 0.181 e. The highest BCUT2D eigenvalue weighted by Crippen LogP contribution is 2.27. The predicted molar refractivity (Wildman–Crippen MR) is 54.5 cm³/mol. The van der Waals surface area contributed by atoms with Crippen LogP contribution in [-0.4, -0.2) is 10.7 Å². The number of rotatable bonds is 1. The van der Waals surface area contributed by atoms with Gasteiger partial charge in [-0.2, -0.15) is 0 Å². The Morgan fingerprint density at radius 2 is 1.92 bits per heavy atom. The topological polar surface area (TPSA) is 50.1 Å². The van der Waals surface area contributed by atoms with Gasteiger partial charge in [-0.3, -0.25) is 0 Å². The molecule has 0 heterocycles. The minimum atomic E-state index is 0.168. The average Bonchev–Trinajstić information content (AvgIpc) is 2.05. The number of nitrogens with one attached hydrogen (secondary N) is 2. The number of hydrogen-bond acceptors (Lipinski definition) is 2. The van der Waals surface area contributed by atoms with Crippen molar-refractivity contribution in [3.05, 3.63) is 0 Å². The Morgan fingerprint density at radius 3 is 2.42 bits per heavy atom. The summed E-state index contributed by atoms with van der Waals surface area (Å²) >= 11 is 4.96. The first-order chi connectivity index (χ1) is 5.66. The minimum Gasteiger partial charge on any atom is -0.357 e. The molecular formula is C8H17N3S. The lowest BCUT2D eigenvalue weighted by molar-refractivity contribution is 0.290. The molecule has 0 spiro atoms. The van der Waals surface area contributed by atoms with Crippen molar-refractivity contribution in [3.8, 4) is 0 Å². The molecule has 1 rings (SSSR count). The Kier molecular flexibility index (Phi) is 3.29. The first-order valence-electron chi connectivity index (χ1n) is 4.45. The molecule has 4 N–H and O–H groups in total. The van der Waals surface area contributed by atoms with E-state index in [1.807, 2.05) is 0 Å². The van der Waals surface area contributed by atoms with Crippen LogP contribution < -0.4 is 16.6 Å². The molecule has 0 bridgehead atoms. The van der Waals surface area contributed by atoms with Crippen molar-refractivity contribution >= 4 is 17.3 Å². The van der Waals surface area contributed by atoms with E-state index in [0.717, 1.165) is 0 Å². The summed E-state index contributed by atoms with van der Waals surface area (Å²) in [6.45, 7) is 2.20. The number of hydrogen-bond donors (Lipinski definition) is 3. The highest BCUT2D eigenvalue weighted by molar-refractivity contribution is 7.80. The third kappa shape index (κ3) is 2.60. The van der Waals surface area contributed by atoms with Crippen molar-refractivity contribution in [3.63, 3.8) is 0 Å². The van der Waals surface area contributed by atoms with Crippen molar-refractivity contribution < 1.29 is 0 Å². The maximum Gasteiger partial charge on any atom is 0.181 e. The Labute approximate surface area is 79.1 Å². The van der Waals surface area contributed by atoms with Crippen LogP contribution >= 0.6 is 12.2 Å². The molecule has 3 nitrogen and oxygen atoms in total. The molecule has 0 radical (unpaired) electrons. The van der Waals surface area contributed by atoms with E-state index >= 15 is 0 Å². The molecule has 0 saturated heterocycles. The third-order valence-electron chi connectivity index (χ3n) is 2.50. The number of thiocarbonyl (C=S) groups is 1. The summed E-state index contributed by atoms with van der Waals surface area (Å²) in [5.74, 6) is 5.19. The molecule has 1 fully saturated rings. The maximum atomic E-state index is 5.19. The lowest BCUT2D eigenvalue weighted by Gasteiger charge is -2.35. The highest BCUT2D eigenvalue weighted by Gasteiger charge is 2.26. The molecule has 1 aliphatic carbocycles. The van der Waals surface area contributed by atoms with Crippen molar-refractivity contribution in [1.29, 1.82) is 0 Å². The molecule has 0 aliphatic heterocycles. The SMILES string of the molecule is CC1(NC(=S)NN)CCCCC1. The van der Waals surface area contributed by atoms with E-state index in [0.29, 0.717) is 5.11 Å². The van der Waals surface area contributed by atoms with E-state index in [1.54, 1.807) is 0 Å². The standard InChI is InChI=1S/C8H17N3S/c1-8(10-7(12)11-9)5-3-2-4-6-8/h2-6,9H2,1H3,(H2,10,11,12). The zero-order valence-corrected chi connectivity index (χ0v) is 8.34. The average molecular weight is 187 g/mol. The van der Waals surface area contributed by atoms with Gasteiger partial charge in [0.25, 0.3) is 0 Å². The quantitative estimate of drug-likeness (QED) is 0.326. The molecule has 0 aromatic carbocycles. The molecular weight excluding hydrogens is 170 g/mol. The lowest BCUT2D eigenvalue weighted by Crippen LogP contribution is -2.52. The van der Waals surface area contributed by atoms with Gasteiger partial charge in [-0.25, -0.2) is 5.84 Å². The van der Waals surface area contributed by atoms with Crippen molar-refractivity contribution in [1.82, 2.24) is 10.7 Å². The van der Waals surface area contributed by atoms with Gasteiger partial charge in [-0.15, -0.1) is 0 Å². The Morgan fingerprint density at radius 1 is 1.33 bits per heavy atom. The molecule has 70 valence electrons. The first-order valence-corrected chi connectivity index (χ1v) is 4.86. The van der Waals surface area contributed by atoms with Crippen LogP contribution in [0, 0.1) is 0 Å². The summed E-state index contributed by atoms with van der Waals surface area (Å²) in [5.41, 5.74) is 2.63. The van der Waals surface area contributed by atoms with Crippen LogP contribution in [0.5, 0.6) is 0 Å². The van der Waals surface area contributed by atoms with Crippen molar-refractivity contribution in [2.75, 3.05) is 0 Å². The zero-order valence-electron chi connectivity index (χ0n) is 7.52. The lowest BCUT2D eigenvalue weighted by atomic mass is 9.83. The first kappa shape index (κ1) is 9.74. The predicted octanol–water partition coefficient (Wildman–Crippen LogP) is 1.05. The van der Waals surface area contributed by atoms with E-state index in [2.05, 4.69) is 17.7 Å². The van der Waals surface area contributed by atoms with Gasteiger partial charge in [0.15, 0.2) is 5.11 Å². The van der Waals surface area contributed by atoms with E-state index in [9.17, 15) is 0 Å². The summed E-state index contributed by atoms with van der Waals surface area (Å²) < 4.78 is 0. The van der Waals surface area contributed by atoms with E-state index in [-0.39, 0.29) is 5.54 Å².